The molecule has 2 N–H and O–H groups in total. The Hall–Kier alpha value is -0.960. The SMILES string of the molecule is CCSC1CCC(NC(=NC)NCc2nc(C(F)(F)F)cs2)C1. The van der Waals surface area contributed by atoms with Gasteiger partial charge in [0.2, 0.25) is 0 Å². The number of halogens is 3. The number of rotatable bonds is 5. The lowest BCUT2D eigenvalue weighted by atomic mass is 10.2. The molecule has 0 radical (unpaired) electrons. The summed E-state index contributed by atoms with van der Waals surface area (Å²) in [4.78, 5) is 7.74. The molecule has 0 bridgehead atoms. The lowest BCUT2D eigenvalue weighted by Gasteiger charge is -2.17. The third-order valence-electron chi connectivity index (χ3n) is 3.60. The van der Waals surface area contributed by atoms with Crippen molar-refractivity contribution in [3.05, 3.63) is 16.1 Å². The molecule has 9 heteroatoms. The summed E-state index contributed by atoms with van der Waals surface area (Å²) in [5, 5.41) is 8.50. The van der Waals surface area contributed by atoms with Crippen molar-refractivity contribution >= 4 is 29.1 Å². The fraction of sp³-hybridized carbons (Fsp3) is 0.714. The van der Waals surface area contributed by atoms with E-state index in [4.69, 9.17) is 0 Å². The zero-order chi connectivity index (χ0) is 16.9. The molecule has 0 amide bonds. The van der Waals surface area contributed by atoms with Crippen molar-refractivity contribution in [2.24, 2.45) is 4.99 Å². The van der Waals surface area contributed by atoms with E-state index in [9.17, 15) is 13.2 Å². The van der Waals surface area contributed by atoms with Crippen molar-refractivity contribution < 1.29 is 13.2 Å². The van der Waals surface area contributed by atoms with Gasteiger partial charge in [-0.2, -0.15) is 24.9 Å². The number of guanidine groups is 1. The number of thiazole rings is 1. The Morgan fingerprint density at radius 2 is 2.26 bits per heavy atom. The molecule has 0 aromatic carbocycles. The molecule has 1 aliphatic carbocycles. The molecule has 130 valence electrons. The molecule has 1 fully saturated rings. The Kier molecular flexibility index (Phi) is 6.58. The summed E-state index contributed by atoms with van der Waals surface area (Å²) >= 11 is 2.98. The number of hydrogen-bond donors (Lipinski definition) is 2. The second-order valence-corrected chi connectivity index (χ2v) is 7.80. The van der Waals surface area contributed by atoms with Gasteiger partial charge in [0.15, 0.2) is 11.7 Å². The predicted molar refractivity (Wildman–Crippen MR) is 90.0 cm³/mol. The molecule has 1 aliphatic rings. The Balaban J connectivity index is 1.81. The van der Waals surface area contributed by atoms with Crippen LogP contribution in [0.5, 0.6) is 0 Å². The molecule has 0 saturated heterocycles. The molecular formula is C14H21F3N4S2. The first-order valence-electron chi connectivity index (χ1n) is 7.52. The zero-order valence-electron chi connectivity index (χ0n) is 13.1. The molecule has 23 heavy (non-hydrogen) atoms. The van der Waals surface area contributed by atoms with E-state index in [1.165, 1.54) is 6.42 Å². The molecule has 1 saturated carbocycles. The number of nitrogens with one attached hydrogen (secondary N) is 2. The molecule has 1 heterocycles. The van der Waals surface area contributed by atoms with Crippen LogP contribution in [-0.2, 0) is 12.7 Å². The van der Waals surface area contributed by atoms with Crippen LogP contribution < -0.4 is 10.6 Å². The molecule has 1 aromatic rings. The first-order chi connectivity index (χ1) is 10.9. The van der Waals surface area contributed by atoms with Crippen molar-refractivity contribution in [3.8, 4) is 0 Å². The van der Waals surface area contributed by atoms with Gasteiger partial charge in [-0.15, -0.1) is 11.3 Å². The maximum Gasteiger partial charge on any atom is 0.434 e. The van der Waals surface area contributed by atoms with Crippen LogP contribution in [0, 0.1) is 0 Å². The number of alkyl halides is 3. The van der Waals surface area contributed by atoms with E-state index < -0.39 is 11.9 Å². The molecule has 4 nitrogen and oxygen atoms in total. The number of nitrogens with zero attached hydrogens (tertiary/aromatic N) is 2. The van der Waals surface area contributed by atoms with Crippen molar-refractivity contribution in [2.75, 3.05) is 12.8 Å². The number of thioether (sulfide) groups is 1. The normalized spacial score (nSPS) is 22.4. The third kappa shape index (κ3) is 5.56. The van der Waals surface area contributed by atoms with Crippen LogP contribution in [-0.4, -0.2) is 35.0 Å². The number of aromatic nitrogens is 1. The standard InChI is InChI=1S/C14H21F3N4S2/c1-3-22-10-5-4-9(6-10)20-13(18-2)19-7-12-21-11(8-23-12)14(15,16)17/h8-10H,3-7H2,1-2H3,(H2,18,19,20). The minimum Gasteiger partial charge on any atom is -0.354 e. The largest absolute Gasteiger partial charge is 0.434 e. The molecule has 1 aromatic heterocycles. The number of hydrogen-bond acceptors (Lipinski definition) is 4. The van der Waals surface area contributed by atoms with Crippen LogP contribution in [0.25, 0.3) is 0 Å². The Labute approximate surface area is 142 Å². The number of aliphatic imine (C=N–C) groups is 1. The van der Waals surface area contributed by atoms with Gasteiger partial charge in [-0.3, -0.25) is 4.99 Å². The van der Waals surface area contributed by atoms with Crippen LogP contribution in [0.3, 0.4) is 0 Å². The van der Waals surface area contributed by atoms with Gasteiger partial charge < -0.3 is 10.6 Å². The van der Waals surface area contributed by atoms with Crippen molar-refractivity contribution in [3.63, 3.8) is 0 Å². The first-order valence-corrected chi connectivity index (χ1v) is 9.45. The van der Waals surface area contributed by atoms with Gasteiger partial charge in [0, 0.05) is 23.7 Å². The van der Waals surface area contributed by atoms with Gasteiger partial charge in [0.05, 0.1) is 6.54 Å². The quantitative estimate of drug-likeness (QED) is 0.619. The van der Waals surface area contributed by atoms with Gasteiger partial charge in [0.25, 0.3) is 0 Å². The van der Waals surface area contributed by atoms with Gasteiger partial charge in [-0.25, -0.2) is 4.98 Å². The summed E-state index contributed by atoms with van der Waals surface area (Å²) in [5.41, 5.74) is -0.836. The van der Waals surface area contributed by atoms with E-state index in [2.05, 4.69) is 27.5 Å². The highest BCUT2D eigenvalue weighted by Gasteiger charge is 2.33. The van der Waals surface area contributed by atoms with Gasteiger partial charge in [-0.05, 0) is 25.0 Å². The van der Waals surface area contributed by atoms with Crippen LogP contribution >= 0.6 is 23.1 Å². The monoisotopic (exact) mass is 366 g/mol. The Bertz CT molecular complexity index is 530. The summed E-state index contributed by atoms with van der Waals surface area (Å²) in [6, 6.07) is 0.368. The average Bonchev–Trinajstić information content (AvgIpc) is 3.12. The summed E-state index contributed by atoms with van der Waals surface area (Å²) in [7, 11) is 1.66. The highest BCUT2D eigenvalue weighted by atomic mass is 32.2. The summed E-state index contributed by atoms with van der Waals surface area (Å²) in [5.74, 6) is 1.73. The van der Waals surface area contributed by atoms with Crippen LogP contribution in [0.15, 0.2) is 10.4 Å². The van der Waals surface area contributed by atoms with Crippen LogP contribution in [0.2, 0.25) is 0 Å². The summed E-state index contributed by atoms with van der Waals surface area (Å²) in [6.45, 7) is 2.40. The van der Waals surface area contributed by atoms with Gasteiger partial charge in [-0.1, -0.05) is 6.92 Å². The van der Waals surface area contributed by atoms with Crippen molar-refractivity contribution in [2.45, 2.75) is 50.2 Å². The van der Waals surface area contributed by atoms with Crippen molar-refractivity contribution in [1.29, 1.82) is 0 Å². The van der Waals surface area contributed by atoms with Gasteiger partial charge >= 0.3 is 6.18 Å². The van der Waals surface area contributed by atoms with E-state index in [0.29, 0.717) is 22.3 Å². The fourth-order valence-corrected chi connectivity index (χ4v) is 4.41. The topological polar surface area (TPSA) is 49.3 Å². The fourth-order valence-electron chi connectivity index (χ4n) is 2.53. The minimum absolute atomic E-state index is 0.236. The maximum atomic E-state index is 12.5. The molecule has 2 atom stereocenters. The summed E-state index contributed by atoms with van der Waals surface area (Å²) < 4.78 is 37.6. The molecule has 2 unspecified atom stereocenters. The highest BCUT2D eigenvalue weighted by Crippen LogP contribution is 2.30. The second-order valence-electron chi connectivity index (χ2n) is 5.28. The molecule has 0 aliphatic heterocycles. The second kappa shape index (κ2) is 8.23. The zero-order valence-corrected chi connectivity index (χ0v) is 14.7. The van der Waals surface area contributed by atoms with E-state index in [-0.39, 0.29) is 6.54 Å². The molecular weight excluding hydrogens is 345 g/mol. The van der Waals surface area contributed by atoms with Crippen LogP contribution in [0.1, 0.15) is 36.9 Å². The van der Waals surface area contributed by atoms with E-state index in [0.717, 1.165) is 35.3 Å². The van der Waals surface area contributed by atoms with Crippen molar-refractivity contribution in [1.82, 2.24) is 15.6 Å². The highest BCUT2D eigenvalue weighted by molar-refractivity contribution is 7.99. The van der Waals surface area contributed by atoms with E-state index in [1.807, 2.05) is 11.8 Å². The van der Waals surface area contributed by atoms with E-state index in [1.54, 1.807) is 7.05 Å². The van der Waals surface area contributed by atoms with Crippen LogP contribution in [0.4, 0.5) is 13.2 Å². The third-order valence-corrected chi connectivity index (χ3v) is 5.68. The maximum absolute atomic E-state index is 12.5. The Morgan fingerprint density at radius 3 is 2.87 bits per heavy atom. The van der Waals surface area contributed by atoms with Gasteiger partial charge in [0.1, 0.15) is 5.01 Å². The minimum atomic E-state index is -4.38. The summed E-state index contributed by atoms with van der Waals surface area (Å²) in [6.07, 6.45) is -1.01. The predicted octanol–water partition coefficient (Wildman–Crippen LogP) is 3.50. The first kappa shape index (κ1) is 18.4. The lowest BCUT2D eigenvalue weighted by molar-refractivity contribution is -0.140. The lowest BCUT2D eigenvalue weighted by Crippen LogP contribution is -2.42. The average molecular weight is 366 g/mol. The molecule has 2 rings (SSSR count). The smallest absolute Gasteiger partial charge is 0.354 e. The molecule has 0 spiro atoms. The van der Waals surface area contributed by atoms with E-state index >= 15 is 0 Å². The Morgan fingerprint density at radius 1 is 1.48 bits per heavy atom.